The molecule has 5 nitrogen and oxygen atoms in total. The van der Waals surface area contributed by atoms with Gasteiger partial charge in [-0.25, -0.2) is 0 Å². The zero-order valence-corrected chi connectivity index (χ0v) is 19.1. The fraction of sp³-hybridized carbons (Fsp3) is 0.667. The van der Waals surface area contributed by atoms with E-state index in [1.165, 1.54) is 50.9 Å². The van der Waals surface area contributed by atoms with Crippen LogP contribution >= 0.6 is 24.0 Å². The minimum atomic E-state index is 0. The number of hydrogen-bond donors (Lipinski definition) is 1. The largest absolute Gasteiger partial charge is 0.356 e. The van der Waals surface area contributed by atoms with E-state index in [0.29, 0.717) is 0 Å². The predicted octanol–water partition coefficient (Wildman–Crippen LogP) is 2.87. The number of rotatable bonds is 7. The number of halogens is 1. The molecule has 0 atom stereocenters. The fourth-order valence-corrected chi connectivity index (χ4v) is 3.96. The molecule has 6 heteroatoms. The number of hydrogen-bond acceptors (Lipinski definition) is 3. The van der Waals surface area contributed by atoms with Crippen LogP contribution in [0.15, 0.2) is 35.3 Å². The van der Waals surface area contributed by atoms with Crippen LogP contribution < -0.4 is 5.32 Å². The van der Waals surface area contributed by atoms with E-state index in [1.54, 1.807) is 0 Å². The smallest absolute Gasteiger partial charge is 0.193 e. The number of guanidine groups is 1. The van der Waals surface area contributed by atoms with Gasteiger partial charge in [0.1, 0.15) is 0 Å². The Labute approximate surface area is 182 Å². The lowest BCUT2D eigenvalue weighted by Gasteiger charge is -2.36. The quantitative estimate of drug-likeness (QED) is 0.279. The predicted molar refractivity (Wildman–Crippen MR) is 125 cm³/mol. The van der Waals surface area contributed by atoms with Gasteiger partial charge in [-0.2, -0.15) is 0 Å². The van der Waals surface area contributed by atoms with Crippen molar-refractivity contribution < 1.29 is 0 Å². The first-order valence-corrected chi connectivity index (χ1v) is 10.3. The van der Waals surface area contributed by atoms with E-state index in [4.69, 9.17) is 0 Å². The topological polar surface area (TPSA) is 34.1 Å². The van der Waals surface area contributed by atoms with Gasteiger partial charge < -0.3 is 15.1 Å². The summed E-state index contributed by atoms with van der Waals surface area (Å²) in [6.07, 6.45) is 5.29. The van der Waals surface area contributed by atoms with Crippen LogP contribution in [-0.2, 0) is 6.54 Å². The Morgan fingerprint density at radius 1 is 0.926 bits per heavy atom. The average Bonchev–Trinajstić information content (AvgIpc) is 3.20. The van der Waals surface area contributed by atoms with Gasteiger partial charge in [0, 0.05) is 46.3 Å². The van der Waals surface area contributed by atoms with Crippen LogP contribution in [-0.4, -0.2) is 80.1 Å². The van der Waals surface area contributed by atoms with Gasteiger partial charge in [0.2, 0.25) is 0 Å². The molecule has 2 aliphatic heterocycles. The molecule has 1 aromatic rings. The molecule has 2 heterocycles. The lowest BCUT2D eigenvalue weighted by molar-refractivity contribution is 0.172. The molecular weight excluding hydrogens is 449 g/mol. The molecule has 2 aliphatic rings. The van der Waals surface area contributed by atoms with Crippen LogP contribution in [0.5, 0.6) is 0 Å². The number of benzene rings is 1. The third-order valence-corrected chi connectivity index (χ3v) is 5.52. The summed E-state index contributed by atoms with van der Waals surface area (Å²) < 4.78 is 0. The minimum absolute atomic E-state index is 0. The summed E-state index contributed by atoms with van der Waals surface area (Å²) in [6, 6.07) is 10.8. The lowest BCUT2D eigenvalue weighted by atomic mass is 10.2. The normalized spacial score (nSPS) is 19.1. The third-order valence-electron chi connectivity index (χ3n) is 5.52. The van der Waals surface area contributed by atoms with Crippen LogP contribution in [0, 0.1) is 0 Å². The second kappa shape index (κ2) is 12.6. The highest BCUT2D eigenvalue weighted by molar-refractivity contribution is 14.0. The van der Waals surface area contributed by atoms with Crippen molar-refractivity contribution in [3.8, 4) is 0 Å². The van der Waals surface area contributed by atoms with E-state index in [2.05, 4.69) is 55.3 Å². The van der Waals surface area contributed by atoms with Crippen LogP contribution in [0.2, 0.25) is 0 Å². The summed E-state index contributed by atoms with van der Waals surface area (Å²) >= 11 is 0. The Hall–Kier alpha value is -0.860. The van der Waals surface area contributed by atoms with E-state index in [1.807, 2.05) is 7.05 Å². The molecule has 0 aromatic heterocycles. The van der Waals surface area contributed by atoms with Crippen molar-refractivity contribution in [3.05, 3.63) is 35.9 Å². The minimum Gasteiger partial charge on any atom is -0.356 e. The van der Waals surface area contributed by atoms with Crippen LogP contribution in [0.4, 0.5) is 0 Å². The maximum Gasteiger partial charge on any atom is 0.193 e. The van der Waals surface area contributed by atoms with Gasteiger partial charge in [0.05, 0.1) is 0 Å². The van der Waals surface area contributed by atoms with E-state index in [9.17, 15) is 0 Å². The lowest BCUT2D eigenvalue weighted by Crippen LogP contribution is -2.52. The summed E-state index contributed by atoms with van der Waals surface area (Å²) in [7, 11) is 1.91. The van der Waals surface area contributed by atoms with Crippen molar-refractivity contribution in [1.29, 1.82) is 0 Å². The number of likely N-dealkylation sites (tertiary alicyclic amines) is 1. The zero-order valence-electron chi connectivity index (χ0n) is 16.8. The summed E-state index contributed by atoms with van der Waals surface area (Å²) in [4.78, 5) is 12.0. The van der Waals surface area contributed by atoms with E-state index in [-0.39, 0.29) is 24.0 Å². The number of nitrogens with zero attached hydrogens (tertiary/aromatic N) is 4. The number of nitrogens with one attached hydrogen (secondary N) is 1. The molecule has 0 bridgehead atoms. The molecule has 0 aliphatic carbocycles. The van der Waals surface area contributed by atoms with Crippen molar-refractivity contribution in [2.45, 2.75) is 32.2 Å². The van der Waals surface area contributed by atoms with Gasteiger partial charge in [-0.05, 0) is 50.9 Å². The van der Waals surface area contributed by atoms with Crippen molar-refractivity contribution in [3.63, 3.8) is 0 Å². The van der Waals surface area contributed by atoms with E-state index >= 15 is 0 Å². The molecule has 152 valence electrons. The van der Waals surface area contributed by atoms with Crippen molar-refractivity contribution in [2.24, 2.45) is 4.99 Å². The highest BCUT2D eigenvalue weighted by Crippen LogP contribution is 2.09. The molecule has 0 spiro atoms. The van der Waals surface area contributed by atoms with E-state index < -0.39 is 0 Å². The molecule has 3 rings (SSSR count). The van der Waals surface area contributed by atoms with Crippen molar-refractivity contribution in [2.75, 3.05) is 59.4 Å². The fourth-order valence-electron chi connectivity index (χ4n) is 3.96. The Kier molecular flexibility index (Phi) is 10.4. The first kappa shape index (κ1) is 22.4. The second-order valence-corrected chi connectivity index (χ2v) is 7.48. The van der Waals surface area contributed by atoms with Gasteiger partial charge in [-0.3, -0.25) is 9.89 Å². The van der Waals surface area contributed by atoms with Crippen LogP contribution in [0.1, 0.15) is 31.2 Å². The van der Waals surface area contributed by atoms with Gasteiger partial charge in [0.15, 0.2) is 5.96 Å². The molecule has 2 fully saturated rings. The monoisotopic (exact) mass is 485 g/mol. The van der Waals surface area contributed by atoms with Gasteiger partial charge in [-0.15, -0.1) is 24.0 Å². The summed E-state index contributed by atoms with van der Waals surface area (Å²) in [5.41, 5.74) is 1.40. The van der Waals surface area contributed by atoms with Gasteiger partial charge >= 0.3 is 0 Å². The molecule has 1 N–H and O–H groups in total. The highest BCUT2D eigenvalue weighted by atomic mass is 127. The first-order chi connectivity index (χ1) is 12.8. The molecule has 0 unspecified atom stereocenters. The van der Waals surface area contributed by atoms with Crippen molar-refractivity contribution in [1.82, 2.24) is 20.0 Å². The SMILES string of the molecule is CN=C(NCCCCN1CCCC1)N1CCN(Cc2ccccc2)CC1.I. The summed E-state index contributed by atoms with van der Waals surface area (Å²) in [5, 5.41) is 3.57. The number of piperazine rings is 1. The van der Waals surface area contributed by atoms with Crippen LogP contribution in [0.25, 0.3) is 0 Å². The number of aliphatic imine (C=N–C) groups is 1. The van der Waals surface area contributed by atoms with Crippen LogP contribution in [0.3, 0.4) is 0 Å². The zero-order chi connectivity index (χ0) is 18.0. The Morgan fingerprint density at radius 2 is 1.63 bits per heavy atom. The molecule has 1 aromatic carbocycles. The Morgan fingerprint density at radius 3 is 2.30 bits per heavy atom. The molecule has 0 radical (unpaired) electrons. The van der Waals surface area contributed by atoms with E-state index in [0.717, 1.165) is 45.2 Å². The Balaban J connectivity index is 0.00000261. The number of unbranched alkanes of at least 4 members (excludes halogenated alkanes) is 1. The second-order valence-electron chi connectivity index (χ2n) is 7.48. The van der Waals surface area contributed by atoms with Crippen molar-refractivity contribution >= 4 is 29.9 Å². The third kappa shape index (κ3) is 7.58. The van der Waals surface area contributed by atoms with Gasteiger partial charge in [-0.1, -0.05) is 30.3 Å². The summed E-state index contributed by atoms with van der Waals surface area (Å²) in [5.74, 6) is 1.07. The molecule has 27 heavy (non-hydrogen) atoms. The first-order valence-electron chi connectivity index (χ1n) is 10.3. The summed E-state index contributed by atoms with van der Waals surface area (Å²) in [6.45, 7) is 10.3. The Bertz CT molecular complexity index is 537. The molecular formula is C21H36IN5. The molecule has 2 saturated heterocycles. The standard InChI is InChI=1S/C21H35N5.HI/c1-22-21(23-11-5-6-12-24-13-7-8-14-24)26-17-15-25(16-18-26)19-20-9-3-2-4-10-20;/h2-4,9-10H,5-8,11-19H2,1H3,(H,22,23);1H. The maximum atomic E-state index is 4.50. The maximum absolute atomic E-state index is 4.50. The highest BCUT2D eigenvalue weighted by Gasteiger charge is 2.19. The van der Waals surface area contributed by atoms with Gasteiger partial charge in [0.25, 0.3) is 0 Å². The molecule has 0 amide bonds. The molecule has 0 saturated carbocycles. The average molecular weight is 485 g/mol.